The monoisotopic (exact) mass is 186 g/mol. The summed E-state index contributed by atoms with van der Waals surface area (Å²) < 4.78 is 0. The third kappa shape index (κ3) is 3.65. The molecule has 0 aromatic rings. The molecule has 2 atom stereocenters. The molecule has 13 heavy (non-hydrogen) atoms. The van der Waals surface area contributed by atoms with Gasteiger partial charge in [0.25, 0.3) is 0 Å². The second-order valence-electron chi connectivity index (χ2n) is 4.96. The molecule has 0 bridgehead atoms. The molecule has 2 nitrogen and oxygen atoms in total. The lowest BCUT2D eigenvalue weighted by molar-refractivity contribution is 0.105. The maximum Gasteiger partial charge on any atom is 0.0292 e. The van der Waals surface area contributed by atoms with Gasteiger partial charge in [0, 0.05) is 12.1 Å². The number of nitrogens with two attached hydrogens (primary N) is 1. The highest BCUT2D eigenvalue weighted by Crippen LogP contribution is 2.26. The van der Waals surface area contributed by atoms with Crippen LogP contribution in [-0.4, -0.2) is 30.6 Å². The maximum absolute atomic E-state index is 6.14. The van der Waals surface area contributed by atoms with E-state index in [1.165, 1.54) is 0 Å². The Labute approximate surface area is 83.5 Å². The van der Waals surface area contributed by atoms with Crippen molar-refractivity contribution in [2.75, 3.05) is 13.6 Å². The lowest BCUT2D eigenvalue weighted by Crippen LogP contribution is -2.53. The van der Waals surface area contributed by atoms with Crippen molar-refractivity contribution in [3.63, 3.8) is 0 Å². The minimum atomic E-state index is 0.264. The predicted molar refractivity (Wildman–Crippen MR) is 59.8 cm³/mol. The van der Waals surface area contributed by atoms with Crippen LogP contribution in [0.25, 0.3) is 0 Å². The van der Waals surface area contributed by atoms with E-state index in [1.807, 2.05) is 0 Å². The Bertz CT molecular complexity index is 128. The molecule has 0 aliphatic carbocycles. The zero-order chi connectivity index (χ0) is 10.6. The van der Waals surface area contributed by atoms with E-state index in [4.69, 9.17) is 5.73 Å². The van der Waals surface area contributed by atoms with E-state index in [2.05, 4.69) is 46.6 Å². The summed E-state index contributed by atoms with van der Waals surface area (Å²) in [5.41, 5.74) is 6.40. The topological polar surface area (TPSA) is 29.3 Å². The van der Waals surface area contributed by atoms with Gasteiger partial charge in [0.2, 0.25) is 0 Å². The normalized spacial score (nSPS) is 17.5. The molecule has 0 radical (unpaired) electrons. The molecule has 0 amide bonds. The predicted octanol–water partition coefficient (Wildman–Crippen LogP) is 2.09. The minimum Gasteiger partial charge on any atom is -0.326 e. The molecule has 0 aliphatic rings. The van der Waals surface area contributed by atoms with Crippen molar-refractivity contribution < 1.29 is 0 Å². The van der Waals surface area contributed by atoms with E-state index < -0.39 is 0 Å². The zero-order valence-electron chi connectivity index (χ0n) is 10.1. The van der Waals surface area contributed by atoms with Crippen molar-refractivity contribution in [3.8, 4) is 0 Å². The fourth-order valence-corrected chi connectivity index (χ4v) is 2.05. The second-order valence-corrected chi connectivity index (χ2v) is 4.96. The molecule has 0 saturated heterocycles. The van der Waals surface area contributed by atoms with Gasteiger partial charge in [-0.3, -0.25) is 0 Å². The van der Waals surface area contributed by atoms with Crippen molar-refractivity contribution in [3.05, 3.63) is 0 Å². The molecule has 0 fully saturated rings. The largest absolute Gasteiger partial charge is 0.326 e. The van der Waals surface area contributed by atoms with E-state index >= 15 is 0 Å². The summed E-state index contributed by atoms with van der Waals surface area (Å²) >= 11 is 0. The third-order valence-electron chi connectivity index (χ3n) is 2.74. The van der Waals surface area contributed by atoms with E-state index in [1.54, 1.807) is 0 Å². The molecule has 2 unspecified atom stereocenters. The number of rotatable bonds is 4. The molecule has 0 heterocycles. The Hall–Kier alpha value is -0.0800. The van der Waals surface area contributed by atoms with Gasteiger partial charge in [-0.15, -0.1) is 0 Å². The summed E-state index contributed by atoms with van der Waals surface area (Å²) in [6.45, 7) is 12.2. The maximum atomic E-state index is 6.14. The molecule has 0 aromatic carbocycles. The minimum absolute atomic E-state index is 0.264. The van der Waals surface area contributed by atoms with Crippen LogP contribution in [-0.2, 0) is 0 Å². The third-order valence-corrected chi connectivity index (χ3v) is 2.74. The van der Waals surface area contributed by atoms with Crippen LogP contribution in [0.4, 0.5) is 0 Å². The first-order valence-corrected chi connectivity index (χ1v) is 5.30. The quantitative estimate of drug-likeness (QED) is 0.728. The highest BCUT2D eigenvalue weighted by atomic mass is 15.1. The van der Waals surface area contributed by atoms with Crippen molar-refractivity contribution >= 4 is 0 Å². The highest BCUT2D eigenvalue weighted by Gasteiger charge is 2.31. The highest BCUT2D eigenvalue weighted by molar-refractivity contribution is 4.88. The van der Waals surface area contributed by atoms with E-state index in [0.717, 1.165) is 13.0 Å². The van der Waals surface area contributed by atoms with Gasteiger partial charge in [0.15, 0.2) is 0 Å². The molecule has 0 saturated carbocycles. The van der Waals surface area contributed by atoms with Crippen LogP contribution in [0, 0.1) is 5.41 Å². The molecule has 0 aromatic heterocycles. The Kier molecular flexibility index (Phi) is 4.93. The van der Waals surface area contributed by atoms with Crippen LogP contribution in [0.5, 0.6) is 0 Å². The molecular formula is C11H26N2. The molecule has 0 spiro atoms. The summed E-state index contributed by atoms with van der Waals surface area (Å²) in [7, 11) is 2.16. The lowest BCUT2D eigenvalue weighted by atomic mass is 9.81. The summed E-state index contributed by atoms with van der Waals surface area (Å²) in [6.07, 6.45) is 1.05. The van der Waals surface area contributed by atoms with Crippen molar-refractivity contribution in [2.24, 2.45) is 11.1 Å². The zero-order valence-corrected chi connectivity index (χ0v) is 10.1. The Balaban J connectivity index is 4.55. The Morgan fingerprint density at radius 3 is 1.92 bits per heavy atom. The number of hydrogen-bond acceptors (Lipinski definition) is 2. The first kappa shape index (κ1) is 12.9. The molecule has 0 aliphatic heterocycles. The van der Waals surface area contributed by atoms with Gasteiger partial charge in [0.1, 0.15) is 0 Å². The van der Waals surface area contributed by atoms with Gasteiger partial charge >= 0.3 is 0 Å². The molecule has 80 valence electrons. The van der Waals surface area contributed by atoms with Crippen molar-refractivity contribution in [2.45, 2.75) is 53.1 Å². The van der Waals surface area contributed by atoms with Gasteiger partial charge in [-0.1, -0.05) is 34.6 Å². The first-order chi connectivity index (χ1) is 5.84. The van der Waals surface area contributed by atoms with Crippen LogP contribution in [0.15, 0.2) is 0 Å². The van der Waals surface area contributed by atoms with E-state index in [0.29, 0.717) is 6.04 Å². The van der Waals surface area contributed by atoms with Crippen LogP contribution < -0.4 is 5.73 Å². The van der Waals surface area contributed by atoms with Gasteiger partial charge in [-0.05, 0) is 25.4 Å². The Morgan fingerprint density at radius 1 is 1.23 bits per heavy atom. The smallest absolute Gasteiger partial charge is 0.0292 e. The van der Waals surface area contributed by atoms with Crippen LogP contribution in [0.3, 0.4) is 0 Å². The lowest BCUT2D eigenvalue weighted by Gasteiger charge is -2.41. The van der Waals surface area contributed by atoms with E-state index in [-0.39, 0.29) is 11.5 Å². The van der Waals surface area contributed by atoms with Gasteiger partial charge < -0.3 is 10.6 Å². The second kappa shape index (κ2) is 4.97. The van der Waals surface area contributed by atoms with Crippen molar-refractivity contribution in [1.82, 2.24) is 4.90 Å². The fraction of sp³-hybridized carbons (Fsp3) is 1.00. The molecule has 2 N–H and O–H groups in total. The summed E-state index contributed by atoms with van der Waals surface area (Å²) in [5.74, 6) is 0. The average molecular weight is 186 g/mol. The van der Waals surface area contributed by atoms with Crippen LogP contribution >= 0.6 is 0 Å². The summed E-state index contributed by atoms with van der Waals surface area (Å²) in [4.78, 5) is 2.36. The van der Waals surface area contributed by atoms with Gasteiger partial charge in [-0.2, -0.15) is 0 Å². The standard InChI is InChI=1S/C11H26N2/c1-7-9(12)10(11(3,4)5)13(6)8-2/h9-10H,7-8,12H2,1-6H3. The van der Waals surface area contributed by atoms with Crippen LogP contribution in [0.2, 0.25) is 0 Å². The SMILES string of the molecule is CCC(N)C(N(C)CC)C(C)(C)C. The first-order valence-electron chi connectivity index (χ1n) is 5.30. The summed E-state index contributed by atoms with van der Waals surface area (Å²) in [5, 5.41) is 0. The average Bonchev–Trinajstić information content (AvgIpc) is 2.01. The number of hydrogen-bond donors (Lipinski definition) is 1. The van der Waals surface area contributed by atoms with E-state index in [9.17, 15) is 0 Å². The van der Waals surface area contributed by atoms with Crippen LogP contribution in [0.1, 0.15) is 41.0 Å². The Morgan fingerprint density at radius 2 is 1.69 bits per heavy atom. The summed E-state index contributed by atoms with van der Waals surface area (Å²) in [6, 6.07) is 0.757. The molecular weight excluding hydrogens is 160 g/mol. The molecule has 2 heteroatoms. The van der Waals surface area contributed by atoms with Gasteiger partial charge in [-0.25, -0.2) is 0 Å². The number of nitrogens with zero attached hydrogens (tertiary/aromatic N) is 1. The van der Waals surface area contributed by atoms with Crippen molar-refractivity contribution in [1.29, 1.82) is 0 Å². The molecule has 0 rings (SSSR count). The number of likely N-dealkylation sites (N-methyl/N-ethyl adjacent to an activating group) is 1. The van der Waals surface area contributed by atoms with Gasteiger partial charge in [0.05, 0.1) is 0 Å². The fourth-order valence-electron chi connectivity index (χ4n) is 2.05.